The molecule has 0 spiro atoms. The van der Waals surface area contributed by atoms with Crippen molar-refractivity contribution in [2.24, 2.45) is 0 Å². The van der Waals surface area contributed by atoms with Gasteiger partial charge in [-0.2, -0.15) is 0 Å². The highest BCUT2D eigenvalue weighted by molar-refractivity contribution is 7.89. The molecule has 0 unspecified atom stereocenters. The van der Waals surface area contributed by atoms with Crippen molar-refractivity contribution in [3.05, 3.63) is 98.5 Å². The molecule has 0 saturated heterocycles. The molecule has 164 valence electrons. The van der Waals surface area contributed by atoms with Crippen LogP contribution in [0, 0.1) is 6.92 Å². The van der Waals surface area contributed by atoms with Crippen LogP contribution in [0.3, 0.4) is 0 Å². The van der Waals surface area contributed by atoms with Gasteiger partial charge in [-0.05, 0) is 43.3 Å². The largest absolute Gasteiger partial charge is 0.489 e. The van der Waals surface area contributed by atoms with E-state index in [1.807, 2.05) is 42.2 Å². The predicted molar refractivity (Wildman–Crippen MR) is 119 cm³/mol. The van der Waals surface area contributed by atoms with Crippen molar-refractivity contribution < 1.29 is 13.2 Å². The Labute approximate surface area is 183 Å². The molecule has 3 N–H and O–H groups in total. The summed E-state index contributed by atoms with van der Waals surface area (Å²) in [5.74, 6) is 0.513. The number of rotatable bonds is 7. The predicted octanol–water partition coefficient (Wildman–Crippen LogP) is 1.98. The summed E-state index contributed by atoms with van der Waals surface area (Å²) in [5, 5.41) is 0.999. The standard InChI is InChI=1S/C22H20N4O5S/c1-14-10-15(19-4-2-3-5-20(19)25-14)13-31-17-6-8-18(9-7-17)32(29,30)24-12-16-11-23-22(28)26-21(16)27/h2-11,24H,12-13H2,1H3,(H2,23,26,27,28). The fraction of sp³-hybridized carbons (Fsp3) is 0.136. The first-order valence-electron chi connectivity index (χ1n) is 9.70. The summed E-state index contributed by atoms with van der Waals surface area (Å²) >= 11 is 0. The Morgan fingerprint density at radius 3 is 2.53 bits per heavy atom. The number of aromatic amines is 2. The summed E-state index contributed by atoms with van der Waals surface area (Å²) in [6.07, 6.45) is 1.17. The third-order valence-corrected chi connectivity index (χ3v) is 6.22. The van der Waals surface area contributed by atoms with Gasteiger partial charge in [0.15, 0.2) is 0 Å². The summed E-state index contributed by atoms with van der Waals surface area (Å²) in [6.45, 7) is 1.97. The zero-order chi connectivity index (χ0) is 22.7. The number of benzene rings is 2. The van der Waals surface area contributed by atoms with Crippen LogP contribution in [0.5, 0.6) is 5.75 Å². The van der Waals surface area contributed by atoms with Crippen LogP contribution in [0.4, 0.5) is 0 Å². The van der Waals surface area contributed by atoms with E-state index in [1.165, 1.54) is 18.3 Å². The lowest BCUT2D eigenvalue weighted by Crippen LogP contribution is -2.30. The Morgan fingerprint density at radius 2 is 1.78 bits per heavy atom. The second-order valence-corrected chi connectivity index (χ2v) is 8.89. The monoisotopic (exact) mass is 452 g/mol. The number of hydrogen-bond acceptors (Lipinski definition) is 6. The average molecular weight is 452 g/mol. The molecule has 32 heavy (non-hydrogen) atoms. The lowest BCUT2D eigenvalue weighted by molar-refractivity contribution is 0.307. The molecule has 0 bridgehead atoms. The molecule has 0 fully saturated rings. The van der Waals surface area contributed by atoms with Crippen molar-refractivity contribution in [2.75, 3.05) is 0 Å². The van der Waals surface area contributed by atoms with Crippen molar-refractivity contribution >= 4 is 20.9 Å². The van der Waals surface area contributed by atoms with Gasteiger partial charge in [0, 0.05) is 34.9 Å². The minimum Gasteiger partial charge on any atom is -0.489 e. The number of sulfonamides is 1. The first-order chi connectivity index (χ1) is 15.3. The smallest absolute Gasteiger partial charge is 0.325 e. The van der Waals surface area contributed by atoms with Crippen LogP contribution in [0.2, 0.25) is 0 Å². The molecule has 4 rings (SSSR count). The molecule has 0 aliphatic rings. The lowest BCUT2D eigenvalue weighted by Gasteiger charge is -2.11. The first-order valence-corrected chi connectivity index (χ1v) is 11.2. The number of ether oxygens (including phenoxy) is 1. The first kappa shape index (κ1) is 21.5. The van der Waals surface area contributed by atoms with Gasteiger partial charge in [-0.3, -0.25) is 14.8 Å². The topological polar surface area (TPSA) is 134 Å². The van der Waals surface area contributed by atoms with Gasteiger partial charge >= 0.3 is 5.69 Å². The molecular weight excluding hydrogens is 432 g/mol. The molecule has 0 saturated carbocycles. The molecular formula is C22H20N4O5S. The van der Waals surface area contributed by atoms with Crippen molar-refractivity contribution in [1.82, 2.24) is 19.7 Å². The maximum absolute atomic E-state index is 12.5. The maximum Gasteiger partial charge on any atom is 0.325 e. The van der Waals surface area contributed by atoms with Crippen LogP contribution in [0.15, 0.2) is 75.3 Å². The number of fused-ring (bicyclic) bond motifs is 1. The molecule has 4 aromatic rings. The highest BCUT2D eigenvalue weighted by atomic mass is 32.2. The second kappa shape index (κ2) is 8.77. The molecule has 0 aliphatic heterocycles. The zero-order valence-corrected chi connectivity index (χ0v) is 17.9. The molecule has 2 heterocycles. The van der Waals surface area contributed by atoms with E-state index in [2.05, 4.69) is 14.7 Å². The van der Waals surface area contributed by atoms with E-state index in [-0.39, 0.29) is 17.0 Å². The van der Waals surface area contributed by atoms with Gasteiger partial charge in [0.25, 0.3) is 5.56 Å². The second-order valence-electron chi connectivity index (χ2n) is 7.12. The number of para-hydroxylation sites is 1. The Bertz CT molecular complexity index is 1490. The Hall–Kier alpha value is -3.76. The van der Waals surface area contributed by atoms with Gasteiger partial charge in [0.05, 0.1) is 10.4 Å². The molecule has 0 atom stereocenters. The summed E-state index contributed by atoms with van der Waals surface area (Å²) in [4.78, 5) is 31.6. The van der Waals surface area contributed by atoms with E-state index in [1.54, 1.807) is 12.1 Å². The fourth-order valence-corrected chi connectivity index (χ4v) is 4.22. The fourth-order valence-electron chi connectivity index (χ4n) is 3.22. The van der Waals surface area contributed by atoms with Crippen LogP contribution >= 0.6 is 0 Å². The van der Waals surface area contributed by atoms with Gasteiger partial charge in [-0.15, -0.1) is 0 Å². The molecule has 0 amide bonds. The van der Waals surface area contributed by atoms with Crippen LogP contribution in [0.1, 0.15) is 16.8 Å². The highest BCUT2D eigenvalue weighted by Gasteiger charge is 2.15. The van der Waals surface area contributed by atoms with Crippen LogP contribution in [-0.4, -0.2) is 23.4 Å². The van der Waals surface area contributed by atoms with Crippen LogP contribution < -0.4 is 20.7 Å². The third-order valence-electron chi connectivity index (χ3n) is 4.81. The van der Waals surface area contributed by atoms with Crippen molar-refractivity contribution in [3.63, 3.8) is 0 Å². The Morgan fingerprint density at radius 1 is 1.03 bits per heavy atom. The van der Waals surface area contributed by atoms with E-state index in [0.29, 0.717) is 12.4 Å². The quantitative estimate of drug-likeness (QED) is 0.393. The lowest BCUT2D eigenvalue weighted by atomic mass is 10.1. The van der Waals surface area contributed by atoms with Crippen molar-refractivity contribution in [1.29, 1.82) is 0 Å². The Balaban J connectivity index is 1.45. The van der Waals surface area contributed by atoms with Gasteiger partial charge in [-0.25, -0.2) is 17.9 Å². The van der Waals surface area contributed by atoms with E-state index >= 15 is 0 Å². The molecule has 10 heteroatoms. The van der Waals surface area contributed by atoms with E-state index in [9.17, 15) is 18.0 Å². The molecule has 9 nitrogen and oxygen atoms in total. The normalized spacial score (nSPS) is 11.5. The molecule has 0 aliphatic carbocycles. The van der Waals surface area contributed by atoms with E-state index < -0.39 is 21.3 Å². The van der Waals surface area contributed by atoms with Gasteiger partial charge in [-0.1, -0.05) is 18.2 Å². The summed E-state index contributed by atoms with van der Waals surface area (Å²) in [6, 6.07) is 15.7. The molecule has 2 aromatic heterocycles. The highest BCUT2D eigenvalue weighted by Crippen LogP contribution is 2.21. The van der Waals surface area contributed by atoms with E-state index in [0.717, 1.165) is 22.2 Å². The summed E-state index contributed by atoms with van der Waals surface area (Å²) in [7, 11) is -3.86. The number of aryl methyl sites for hydroxylation is 1. The average Bonchev–Trinajstić information content (AvgIpc) is 2.77. The SMILES string of the molecule is Cc1cc(COc2ccc(S(=O)(=O)NCc3c[nH]c(=O)[nH]c3=O)cc2)c2ccccc2n1. The zero-order valence-electron chi connectivity index (χ0n) is 17.1. The molecule has 0 radical (unpaired) electrons. The minimum absolute atomic E-state index is 0.0240. The number of aromatic nitrogens is 3. The third kappa shape index (κ3) is 4.76. The van der Waals surface area contributed by atoms with Gasteiger partial charge in [0.2, 0.25) is 10.0 Å². The molecule has 2 aromatic carbocycles. The van der Waals surface area contributed by atoms with E-state index in [4.69, 9.17) is 4.74 Å². The van der Waals surface area contributed by atoms with Crippen molar-refractivity contribution in [2.45, 2.75) is 25.0 Å². The van der Waals surface area contributed by atoms with Gasteiger partial charge in [0.1, 0.15) is 12.4 Å². The summed E-state index contributed by atoms with van der Waals surface area (Å²) in [5.41, 5.74) is 1.54. The Kier molecular flexibility index (Phi) is 5.89. The summed E-state index contributed by atoms with van der Waals surface area (Å²) < 4.78 is 33.2. The van der Waals surface area contributed by atoms with Crippen LogP contribution in [0.25, 0.3) is 10.9 Å². The number of nitrogens with zero attached hydrogens (tertiary/aromatic N) is 1. The van der Waals surface area contributed by atoms with Gasteiger partial charge < -0.3 is 9.72 Å². The minimum atomic E-state index is -3.86. The van der Waals surface area contributed by atoms with Crippen LogP contribution in [-0.2, 0) is 23.2 Å². The number of nitrogens with one attached hydrogen (secondary N) is 3. The number of pyridine rings is 1. The maximum atomic E-state index is 12.5. The number of H-pyrrole nitrogens is 2. The van der Waals surface area contributed by atoms with Crippen molar-refractivity contribution in [3.8, 4) is 5.75 Å². The number of hydrogen-bond donors (Lipinski definition) is 3.